The lowest BCUT2D eigenvalue weighted by atomic mass is 9.77. The van der Waals surface area contributed by atoms with Crippen molar-refractivity contribution in [3.8, 4) is 0 Å². The van der Waals surface area contributed by atoms with Crippen molar-refractivity contribution in [1.29, 1.82) is 0 Å². The molecule has 6 nitrogen and oxygen atoms in total. The third kappa shape index (κ3) is 3.50. The van der Waals surface area contributed by atoms with Gasteiger partial charge < -0.3 is 10.0 Å². The molecule has 1 N–H and O–H groups in total. The fourth-order valence-electron chi connectivity index (χ4n) is 2.74. The molecule has 0 radical (unpaired) electrons. The SMILES string of the molecule is CC(C)=CCC1(CO)CCCN(C(=O)c2nonc2C)C1. The first kappa shape index (κ1) is 15.7. The van der Waals surface area contributed by atoms with Gasteiger partial charge in [0.15, 0.2) is 5.69 Å². The minimum Gasteiger partial charge on any atom is -0.396 e. The lowest BCUT2D eigenvalue weighted by Crippen LogP contribution is -2.48. The van der Waals surface area contributed by atoms with E-state index in [1.165, 1.54) is 5.57 Å². The van der Waals surface area contributed by atoms with E-state index in [9.17, 15) is 9.90 Å². The van der Waals surface area contributed by atoms with Crippen LogP contribution in [0.3, 0.4) is 0 Å². The van der Waals surface area contributed by atoms with Gasteiger partial charge >= 0.3 is 0 Å². The fraction of sp³-hybridized carbons (Fsp3) is 0.667. The first-order chi connectivity index (χ1) is 9.97. The zero-order chi connectivity index (χ0) is 15.5. The molecule has 1 atom stereocenters. The Bertz CT molecular complexity index is 534. The molecule has 1 unspecified atom stereocenters. The number of aryl methyl sites for hydroxylation is 1. The van der Waals surface area contributed by atoms with Crippen molar-refractivity contribution in [2.45, 2.75) is 40.0 Å². The second-order valence-electron chi connectivity index (χ2n) is 6.17. The van der Waals surface area contributed by atoms with Crippen LogP contribution >= 0.6 is 0 Å². The quantitative estimate of drug-likeness (QED) is 0.858. The Balaban J connectivity index is 2.14. The van der Waals surface area contributed by atoms with Gasteiger partial charge in [-0.3, -0.25) is 4.79 Å². The fourth-order valence-corrected chi connectivity index (χ4v) is 2.74. The van der Waals surface area contributed by atoms with Crippen LogP contribution in [0.5, 0.6) is 0 Å². The average Bonchev–Trinajstić information content (AvgIpc) is 2.91. The number of aliphatic hydroxyl groups excluding tert-OH is 1. The summed E-state index contributed by atoms with van der Waals surface area (Å²) in [6.07, 6.45) is 4.72. The van der Waals surface area contributed by atoms with Crippen LogP contribution in [0.2, 0.25) is 0 Å². The highest BCUT2D eigenvalue weighted by Gasteiger charge is 2.37. The molecule has 0 bridgehead atoms. The summed E-state index contributed by atoms with van der Waals surface area (Å²) in [7, 11) is 0. The molecular formula is C15H23N3O3. The zero-order valence-corrected chi connectivity index (χ0v) is 12.9. The van der Waals surface area contributed by atoms with Crippen LogP contribution in [0.4, 0.5) is 0 Å². The first-order valence-electron chi connectivity index (χ1n) is 7.30. The van der Waals surface area contributed by atoms with E-state index in [1.54, 1.807) is 11.8 Å². The van der Waals surface area contributed by atoms with Crippen LogP contribution in [0.1, 0.15) is 49.3 Å². The van der Waals surface area contributed by atoms with E-state index >= 15 is 0 Å². The van der Waals surface area contributed by atoms with E-state index in [4.69, 9.17) is 0 Å². The lowest BCUT2D eigenvalue weighted by molar-refractivity contribution is 0.0277. The summed E-state index contributed by atoms with van der Waals surface area (Å²) in [4.78, 5) is 14.2. The third-order valence-corrected chi connectivity index (χ3v) is 4.08. The Labute approximate surface area is 124 Å². The van der Waals surface area contributed by atoms with Gasteiger partial charge in [-0.2, -0.15) is 0 Å². The van der Waals surface area contributed by atoms with Crippen molar-refractivity contribution < 1.29 is 14.5 Å². The van der Waals surface area contributed by atoms with Crippen molar-refractivity contribution in [2.24, 2.45) is 5.41 Å². The Morgan fingerprint density at radius 1 is 1.48 bits per heavy atom. The predicted octanol–water partition coefficient (Wildman–Crippen LogP) is 1.95. The smallest absolute Gasteiger partial charge is 0.278 e. The van der Waals surface area contributed by atoms with E-state index in [2.05, 4.69) is 21.0 Å². The average molecular weight is 293 g/mol. The van der Waals surface area contributed by atoms with E-state index in [0.29, 0.717) is 18.8 Å². The predicted molar refractivity (Wildman–Crippen MR) is 77.7 cm³/mol. The standard InChI is InChI=1S/C15H23N3O3/c1-11(2)5-7-15(10-19)6-4-8-18(9-15)14(20)13-12(3)16-21-17-13/h5,19H,4,6-10H2,1-3H3. The largest absolute Gasteiger partial charge is 0.396 e. The molecule has 1 aromatic rings. The molecule has 2 rings (SSSR count). The van der Waals surface area contributed by atoms with E-state index in [1.807, 2.05) is 13.8 Å². The zero-order valence-electron chi connectivity index (χ0n) is 12.9. The molecule has 1 aliphatic heterocycles. The number of amides is 1. The van der Waals surface area contributed by atoms with Crippen LogP contribution in [0.15, 0.2) is 16.3 Å². The molecule has 1 aromatic heterocycles. The van der Waals surface area contributed by atoms with Gasteiger partial charge in [-0.1, -0.05) is 16.8 Å². The van der Waals surface area contributed by atoms with Gasteiger partial charge in [0.1, 0.15) is 5.69 Å². The molecule has 1 aliphatic rings. The van der Waals surface area contributed by atoms with Crippen LogP contribution in [-0.2, 0) is 0 Å². The maximum Gasteiger partial charge on any atom is 0.278 e. The molecule has 0 aromatic carbocycles. The van der Waals surface area contributed by atoms with Gasteiger partial charge in [0.05, 0.1) is 6.61 Å². The highest BCUT2D eigenvalue weighted by molar-refractivity contribution is 5.93. The third-order valence-electron chi connectivity index (χ3n) is 4.08. The molecule has 0 aliphatic carbocycles. The number of aromatic nitrogens is 2. The number of carbonyl (C=O) groups is 1. The van der Waals surface area contributed by atoms with Gasteiger partial charge in [0.2, 0.25) is 0 Å². The first-order valence-corrected chi connectivity index (χ1v) is 7.30. The Morgan fingerprint density at radius 2 is 2.24 bits per heavy atom. The van der Waals surface area contributed by atoms with E-state index < -0.39 is 0 Å². The minimum atomic E-state index is -0.254. The monoisotopic (exact) mass is 293 g/mol. The maximum atomic E-state index is 12.5. The summed E-state index contributed by atoms with van der Waals surface area (Å²) in [6.45, 7) is 7.09. The number of aliphatic hydroxyl groups is 1. The molecule has 116 valence electrons. The molecule has 0 saturated carbocycles. The highest BCUT2D eigenvalue weighted by Crippen LogP contribution is 2.34. The van der Waals surface area contributed by atoms with Crippen LogP contribution < -0.4 is 0 Å². The molecule has 1 saturated heterocycles. The molecule has 2 heterocycles. The topological polar surface area (TPSA) is 79.5 Å². The number of carbonyl (C=O) groups excluding carboxylic acids is 1. The molecule has 1 fully saturated rings. The number of rotatable bonds is 4. The number of allylic oxidation sites excluding steroid dienone is 2. The Morgan fingerprint density at radius 3 is 2.81 bits per heavy atom. The summed E-state index contributed by atoms with van der Waals surface area (Å²) in [6, 6.07) is 0. The minimum absolute atomic E-state index is 0.0800. The molecular weight excluding hydrogens is 270 g/mol. The van der Waals surface area contributed by atoms with Crippen molar-refractivity contribution in [3.05, 3.63) is 23.0 Å². The van der Waals surface area contributed by atoms with Crippen molar-refractivity contribution in [3.63, 3.8) is 0 Å². The number of nitrogens with zero attached hydrogens (tertiary/aromatic N) is 3. The van der Waals surface area contributed by atoms with Gasteiger partial charge in [-0.05, 0) is 45.2 Å². The molecule has 0 spiro atoms. The number of hydrogen-bond acceptors (Lipinski definition) is 5. The van der Waals surface area contributed by atoms with Crippen LogP contribution in [0, 0.1) is 12.3 Å². The maximum absolute atomic E-state index is 12.5. The highest BCUT2D eigenvalue weighted by atomic mass is 16.6. The van der Waals surface area contributed by atoms with Crippen molar-refractivity contribution in [2.75, 3.05) is 19.7 Å². The normalized spacial score (nSPS) is 22.2. The van der Waals surface area contributed by atoms with Crippen molar-refractivity contribution in [1.82, 2.24) is 15.2 Å². The molecule has 21 heavy (non-hydrogen) atoms. The number of piperidine rings is 1. The van der Waals surface area contributed by atoms with Crippen LogP contribution in [0.25, 0.3) is 0 Å². The summed E-state index contributed by atoms with van der Waals surface area (Å²) in [5.41, 5.74) is 1.74. The van der Waals surface area contributed by atoms with Crippen LogP contribution in [-0.4, -0.2) is 45.9 Å². The molecule has 6 heteroatoms. The summed E-state index contributed by atoms with van der Waals surface area (Å²) < 4.78 is 4.61. The van der Waals surface area contributed by atoms with Gasteiger partial charge in [0, 0.05) is 18.5 Å². The Kier molecular flexibility index (Phi) is 4.77. The second-order valence-corrected chi connectivity index (χ2v) is 6.17. The summed E-state index contributed by atoms with van der Waals surface area (Å²) in [5.74, 6) is -0.163. The second kappa shape index (κ2) is 6.39. The van der Waals surface area contributed by atoms with Gasteiger partial charge in [-0.25, -0.2) is 4.63 Å². The van der Waals surface area contributed by atoms with E-state index in [0.717, 1.165) is 19.3 Å². The van der Waals surface area contributed by atoms with Gasteiger partial charge in [0.25, 0.3) is 5.91 Å². The molecule has 1 amide bonds. The number of hydrogen-bond donors (Lipinski definition) is 1. The summed E-state index contributed by atoms with van der Waals surface area (Å²) in [5, 5.41) is 17.2. The Hall–Kier alpha value is -1.69. The summed E-state index contributed by atoms with van der Waals surface area (Å²) >= 11 is 0. The number of likely N-dealkylation sites (tertiary alicyclic amines) is 1. The van der Waals surface area contributed by atoms with E-state index in [-0.39, 0.29) is 23.6 Å². The lowest BCUT2D eigenvalue weighted by Gasteiger charge is -2.41. The van der Waals surface area contributed by atoms with Gasteiger partial charge in [-0.15, -0.1) is 0 Å². The van der Waals surface area contributed by atoms with Crippen molar-refractivity contribution >= 4 is 5.91 Å².